The van der Waals surface area contributed by atoms with Gasteiger partial charge in [0.25, 0.3) is 0 Å². The fourth-order valence-corrected chi connectivity index (χ4v) is 2.69. The standard InChI is InChI=1S/C12H22N2O3/c1-11(2,3)17-10(16)14-7-12(8-14)4-5-13-9(12)6-15/h9,13,15H,4-8H2,1-3H3. The summed E-state index contributed by atoms with van der Waals surface area (Å²) in [5.41, 5.74) is -0.365. The molecule has 0 bridgehead atoms. The number of hydrogen-bond acceptors (Lipinski definition) is 4. The molecule has 98 valence electrons. The molecule has 0 saturated carbocycles. The fraction of sp³-hybridized carbons (Fsp3) is 0.917. The lowest BCUT2D eigenvalue weighted by Crippen LogP contribution is -2.64. The van der Waals surface area contributed by atoms with Gasteiger partial charge in [-0.25, -0.2) is 4.79 Å². The van der Waals surface area contributed by atoms with Gasteiger partial charge in [-0.2, -0.15) is 0 Å². The van der Waals surface area contributed by atoms with E-state index in [1.165, 1.54) is 0 Å². The van der Waals surface area contributed by atoms with Gasteiger partial charge in [0.15, 0.2) is 0 Å². The van der Waals surface area contributed by atoms with E-state index in [0.29, 0.717) is 13.1 Å². The second-order valence-electron chi connectivity index (χ2n) is 6.14. The number of likely N-dealkylation sites (tertiary alicyclic amines) is 1. The summed E-state index contributed by atoms with van der Waals surface area (Å²) in [6, 6.07) is 0.126. The first kappa shape index (κ1) is 12.6. The van der Waals surface area contributed by atoms with Gasteiger partial charge < -0.3 is 20.1 Å². The van der Waals surface area contributed by atoms with Gasteiger partial charge in [-0.3, -0.25) is 0 Å². The highest BCUT2D eigenvalue weighted by molar-refractivity contribution is 5.69. The van der Waals surface area contributed by atoms with Crippen LogP contribution in [0.1, 0.15) is 27.2 Å². The largest absolute Gasteiger partial charge is 0.444 e. The van der Waals surface area contributed by atoms with Crippen LogP contribution in [0.2, 0.25) is 0 Å². The van der Waals surface area contributed by atoms with Crippen molar-refractivity contribution in [1.82, 2.24) is 10.2 Å². The molecule has 1 spiro atoms. The molecule has 0 radical (unpaired) electrons. The van der Waals surface area contributed by atoms with E-state index in [4.69, 9.17) is 4.74 Å². The Kier molecular flexibility index (Phi) is 3.08. The van der Waals surface area contributed by atoms with Crippen molar-refractivity contribution in [2.24, 2.45) is 5.41 Å². The Bertz CT molecular complexity index is 305. The molecule has 2 fully saturated rings. The maximum Gasteiger partial charge on any atom is 0.410 e. The lowest BCUT2D eigenvalue weighted by Gasteiger charge is -2.50. The van der Waals surface area contributed by atoms with Gasteiger partial charge in [-0.15, -0.1) is 0 Å². The Morgan fingerprint density at radius 1 is 1.53 bits per heavy atom. The molecule has 1 unspecified atom stereocenters. The lowest BCUT2D eigenvalue weighted by molar-refractivity contribution is -0.0449. The van der Waals surface area contributed by atoms with Gasteiger partial charge in [-0.1, -0.05) is 0 Å². The smallest absolute Gasteiger partial charge is 0.410 e. The van der Waals surface area contributed by atoms with Crippen molar-refractivity contribution in [2.45, 2.75) is 38.8 Å². The average Bonchev–Trinajstić information content (AvgIpc) is 2.55. The molecule has 17 heavy (non-hydrogen) atoms. The molecular weight excluding hydrogens is 220 g/mol. The summed E-state index contributed by atoms with van der Waals surface area (Å²) in [6.07, 6.45) is 0.782. The Hall–Kier alpha value is -0.810. The zero-order valence-electron chi connectivity index (χ0n) is 10.8. The van der Waals surface area contributed by atoms with Crippen molar-refractivity contribution in [3.8, 4) is 0 Å². The molecule has 5 heteroatoms. The number of carbonyl (C=O) groups is 1. The van der Waals surface area contributed by atoms with Crippen LogP contribution in [-0.4, -0.2) is 54.0 Å². The highest BCUT2D eigenvalue weighted by Gasteiger charge is 2.53. The Labute approximate surface area is 102 Å². The molecule has 2 N–H and O–H groups in total. The van der Waals surface area contributed by atoms with Crippen LogP contribution < -0.4 is 5.32 Å². The summed E-state index contributed by atoms with van der Waals surface area (Å²) in [5.74, 6) is 0. The van der Waals surface area contributed by atoms with Crippen LogP contribution in [0.5, 0.6) is 0 Å². The maximum atomic E-state index is 11.8. The summed E-state index contributed by atoms with van der Waals surface area (Å²) in [4.78, 5) is 13.5. The minimum absolute atomic E-state index is 0.0751. The first-order chi connectivity index (χ1) is 7.86. The Morgan fingerprint density at radius 3 is 2.71 bits per heavy atom. The van der Waals surface area contributed by atoms with Crippen LogP contribution in [0.25, 0.3) is 0 Å². The molecule has 1 atom stereocenters. The van der Waals surface area contributed by atoms with E-state index < -0.39 is 5.60 Å². The van der Waals surface area contributed by atoms with Crippen LogP contribution in [0.3, 0.4) is 0 Å². The number of hydrogen-bond donors (Lipinski definition) is 2. The molecule has 5 nitrogen and oxygen atoms in total. The number of nitrogens with zero attached hydrogens (tertiary/aromatic N) is 1. The normalized spacial score (nSPS) is 27.1. The predicted molar refractivity (Wildman–Crippen MR) is 63.7 cm³/mol. The second-order valence-corrected chi connectivity index (χ2v) is 6.14. The first-order valence-corrected chi connectivity index (χ1v) is 6.18. The zero-order chi connectivity index (χ0) is 12.7. The monoisotopic (exact) mass is 242 g/mol. The second kappa shape index (κ2) is 4.14. The highest BCUT2D eigenvalue weighted by Crippen LogP contribution is 2.40. The van der Waals surface area contributed by atoms with E-state index in [0.717, 1.165) is 13.0 Å². The molecule has 1 amide bonds. The molecule has 2 rings (SSSR count). The summed E-state index contributed by atoms with van der Waals surface area (Å²) in [5, 5.41) is 12.6. The molecule has 0 aromatic rings. The van der Waals surface area contributed by atoms with E-state index in [1.54, 1.807) is 4.90 Å². The molecule has 0 aromatic carbocycles. The van der Waals surface area contributed by atoms with Crippen LogP contribution in [0.15, 0.2) is 0 Å². The van der Waals surface area contributed by atoms with Crippen molar-refractivity contribution >= 4 is 6.09 Å². The summed E-state index contributed by atoms with van der Waals surface area (Å²) in [6.45, 7) is 8.06. The van der Waals surface area contributed by atoms with Crippen LogP contribution in [0, 0.1) is 5.41 Å². The van der Waals surface area contributed by atoms with Gasteiger partial charge >= 0.3 is 6.09 Å². The van der Waals surface area contributed by atoms with Crippen molar-refractivity contribution in [3.05, 3.63) is 0 Å². The van der Waals surface area contributed by atoms with Crippen molar-refractivity contribution < 1.29 is 14.6 Å². The minimum Gasteiger partial charge on any atom is -0.444 e. The van der Waals surface area contributed by atoms with E-state index >= 15 is 0 Å². The van der Waals surface area contributed by atoms with Gasteiger partial charge in [-0.05, 0) is 33.7 Å². The summed E-state index contributed by atoms with van der Waals surface area (Å²) in [7, 11) is 0. The number of aliphatic hydroxyl groups is 1. The topological polar surface area (TPSA) is 61.8 Å². The molecule has 2 aliphatic rings. The van der Waals surface area contributed by atoms with E-state index in [-0.39, 0.29) is 24.2 Å². The Balaban J connectivity index is 1.88. The molecule has 0 aliphatic carbocycles. The third-order valence-electron chi connectivity index (χ3n) is 3.60. The SMILES string of the molecule is CC(C)(C)OC(=O)N1CC2(CCNC2CO)C1. The molecule has 2 saturated heterocycles. The van der Waals surface area contributed by atoms with Crippen LogP contribution in [-0.2, 0) is 4.74 Å². The number of aliphatic hydroxyl groups excluding tert-OH is 1. The fourth-order valence-electron chi connectivity index (χ4n) is 2.69. The van der Waals surface area contributed by atoms with Crippen LogP contribution in [0.4, 0.5) is 4.79 Å². The molecule has 0 aromatic heterocycles. The van der Waals surface area contributed by atoms with Crippen molar-refractivity contribution in [3.63, 3.8) is 0 Å². The quantitative estimate of drug-likeness (QED) is 0.706. The van der Waals surface area contributed by atoms with E-state index in [2.05, 4.69) is 5.32 Å². The highest BCUT2D eigenvalue weighted by atomic mass is 16.6. The average molecular weight is 242 g/mol. The molecular formula is C12H22N2O3. The van der Waals surface area contributed by atoms with Crippen molar-refractivity contribution in [2.75, 3.05) is 26.2 Å². The first-order valence-electron chi connectivity index (χ1n) is 6.18. The number of ether oxygens (including phenoxy) is 1. The van der Waals surface area contributed by atoms with Gasteiger partial charge in [0, 0.05) is 24.5 Å². The lowest BCUT2D eigenvalue weighted by atomic mass is 9.74. The number of carbonyl (C=O) groups excluding carboxylic acids is 1. The number of rotatable bonds is 1. The predicted octanol–water partition coefficient (Wildman–Crippen LogP) is 0.578. The van der Waals surface area contributed by atoms with Gasteiger partial charge in [0.05, 0.1) is 6.61 Å². The van der Waals surface area contributed by atoms with Gasteiger partial charge in [0.2, 0.25) is 0 Å². The maximum absolute atomic E-state index is 11.8. The Morgan fingerprint density at radius 2 is 2.18 bits per heavy atom. The van der Waals surface area contributed by atoms with E-state index in [1.807, 2.05) is 20.8 Å². The summed E-state index contributed by atoms with van der Waals surface area (Å²) >= 11 is 0. The zero-order valence-corrected chi connectivity index (χ0v) is 10.8. The minimum atomic E-state index is -0.440. The van der Waals surface area contributed by atoms with E-state index in [9.17, 15) is 9.90 Å². The third-order valence-corrected chi connectivity index (χ3v) is 3.60. The third kappa shape index (κ3) is 2.40. The summed E-state index contributed by atoms with van der Waals surface area (Å²) < 4.78 is 5.32. The number of amides is 1. The van der Waals surface area contributed by atoms with Crippen molar-refractivity contribution in [1.29, 1.82) is 0 Å². The van der Waals surface area contributed by atoms with Gasteiger partial charge in [0.1, 0.15) is 5.60 Å². The number of nitrogens with one attached hydrogen (secondary N) is 1. The molecule has 2 heterocycles. The van der Waals surface area contributed by atoms with Crippen LogP contribution >= 0.6 is 0 Å². The molecule has 2 aliphatic heterocycles.